The normalized spacial score (nSPS) is 11.7. The molecule has 32 heteroatoms. The average Bonchev–Trinajstić information content (AvgIpc) is 1.70. The van der Waals surface area contributed by atoms with Crippen molar-refractivity contribution < 1.29 is 126 Å². The Morgan fingerprint density at radius 2 is 0.413 bits per heavy atom. The smallest absolute Gasteiger partial charge is 0.343 e. The van der Waals surface area contributed by atoms with Crippen LogP contribution < -0.4 is 18.9 Å². The van der Waals surface area contributed by atoms with Crippen LogP contribution in [0, 0.1) is 116 Å². The van der Waals surface area contributed by atoms with E-state index in [0.29, 0.717) is 0 Å². The summed E-state index contributed by atoms with van der Waals surface area (Å²) in [5.74, 6) is -65.1. The van der Waals surface area contributed by atoms with Crippen LogP contribution in [0.1, 0.15) is 64.2 Å². The molecule has 0 saturated carbocycles. The van der Waals surface area contributed by atoms with Gasteiger partial charge in [-0.1, -0.05) is 48.5 Å². The van der Waals surface area contributed by atoms with E-state index < -0.39 is 185 Å². The Hall–Kier alpha value is -13.2. The fourth-order valence-corrected chi connectivity index (χ4v) is 10.9. The lowest BCUT2D eigenvalue weighted by Gasteiger charge is -2.11. The van der Waals surface area contributed by atoms with Crippen LogP contribution in [-0.2, 0) is 0 Å². The van der Waals surface area contributed by atoms with Crippen molar-refractivity contribution in [2.75, 3.05) is 0 Å². The highest BCUT2D eigenvalue weighted by atomic mass is 19.2. The summed E-state index contributed by atoms with van der Waals surface area (Å²) in [5, 5.41) is 0. The van der Waals surface area contributed by atoms with E-state index in [1.165, 1.54) is 97.1 Å². The molecular formula is C72H26F20N4O8. The van der Waals surface area contributed by atoms with Gasteiger partial charge in [0.05, 0.1) is 45.0 Å². The number of aromatic nitrogens is 4. The van der Waals surface area contributed by atoms with Crippen LogP contribution in [0.25, 0.3) is 90.9 Å². The molecule has 2 aliphatic heterocycles. The summed E-state index contributed by atoms with van der Waals surface area (Å²) >= 11 is 0. The zero-order valence-corrected chi connectivity index (χ0v) is 50.6. The minimum Gasteiger partial charge on any atom is -0.416 e. The molecule has 0 atom stereocenters. The molecule has 8 aromatic carbocycles. The summed E-state index contributed by atoms with van der Waals surface area (Å²) in [5.41, 5.74) is -3.89. The third-order valence-corrected chi connectivity index (χ3v) is 15.8. The first kappa shape index (κ1) is 69.3. The van der Waals surface area contributed by atoms with E-state index in [9.17, 15) is 107 Å². The van der Waals surface area contributed by atoms with Crippen molar-refractivity contribution in [3.63, 3.8) is 0 Å². The molecule has 2 aliphatic rings. The number of rotatable bonds is 12. The molecule has 104 heavy (non-hydrogen) atoms. The second kappa shape index (κ2) is 26.7. The second-order valence-electron chi connectivity index (χ2n) is 22.0. The van der Waals surface area contributed by atoms with Crippen molar-refractivity contribution in [1.29, 1.82) is 0 Å². The highest BCUT2D eigenvalue weighted by molar-refractivity contribution is 6.03. The number of halogens is 20. The molecule has 13 rings (SSSR count). The zero-order valence-electron chi connectivity index (χ0n) is 50.6. The Morgan fingerprint density at radius 3 is 0.596 bits per heavy atom. The molecule has 522 valence electrons. The second-order valence-corrected chi connectivity index (χ2v) is 22.0. The minimum absolute atomic E-state index is 0.0448. The van der Waals surface area contributed by atoms with Gasteiger partial charge in [-0.05, 0) is 119 Å². The van der Waals surface area contributed by atoms with Crippen LogP contribution >= 0.6 is 0 Å². The summed E-state index contributed by atoms with van der Waals surface area (Å²) in [6, 6.07) is 23.4. The third kappa shape index (κ3) is 12.0. The topological polar surface area (TPSA) is 163 Å². The van der Waals surface area contributed by atoms with Gasteiger partial charge in [-0.15, -0.1) is 0 Å². The number of H-pyrrole nitrogens is 2. The van der Waals surface area contributed by atoms with E-state index in [-0.39, 0.29) is 89.4 Å². The number of hydrogen-bond donors (Lipinski definition) is 2. The standard InChI is InChI=1S/C72H26F20N4O8/c73-45-49(77)57(85)65(58(86)50(45)78)101-69(97)29-9-1-5-25(21-29)41-33-13-15-35(93-33)42(26-6-2-10-30(22-26)70(98)102-66-59(87)51(79)46(74)52(80)60(66)88)37-17-19-39(95-37)44(28-8-4-12-32(24-28)72(100)104-68-63(91)55(83)48(76)56(84)64(68)92)40-20-18-38(96-40)43(36-16-14-34(41)94-36)27-7-3-11-31(23-27)71(99)103-67-61(89)53(81)47(75)54(82)62(67)90/h1-24,93,96H. The van der Waals surface area contributed by atoms with E-state index >= 15 is 0 Å². The van der Waals surface area contributed by atoms with Crippen LogP contribution in [0.5, 0.6) is 23.0 Å². The highest BCUT2D eigenvalue weighted by Gasteiger charge is 2.35. The van der Waals surface area contributed by atoms with E-state index in [1.54, 1.807) is 0 Å². The van der Waals surface area contributed by atoms with Crippen molar-refractivity contribution in [1.82, 2.24) is 19.9 Å². The Kier molecular flexibility index (Phi) is 17.8. The van der Waals surface area contributed by atoms with Crippen molar-refractivity contribution in [2.45, 2.75) is 0 Å². The number of esters is 4. The first-order chi connectivity index (χ1) is 49.5. The van der Waals surface area contributed by atoms with Crippen LogP contribution in [0.3, 0.4) is 0 Å². The van der Waals surface area contributed by atoms with Gasteiger partial charge in [0.15, 0.2) is 0 Å². The van der Waals surface area contributed by atoms with Crippen molar-refractivity contribution in [3.05, 3.63) is 283 Å². The van der Waals surface area contributed by atoms with E-state index in [0.717, 1.165) is 48.5 Å². The van der Waals surface area contributed by atoms with Crippen LogP contribution in [0.2, 0.25) is 0 Å². The number of hydrogen-bond acceptors (Lipinski definition) is 10. The lowest BCUT2D eigenvalue weighted by Crippen LogP contribution is -2.13. The number of ether oxygens (including phenoxy) is 4. The number of carbonyl (C=O) groups excluding carboxylic acids is 4. The Morgan fingerprint density at radius 1 is 0.240 bits per heavy atom. The number of nitrogens with zero attached hydrogens (tertiary/aromatic N) is 2. The lowest BCUT2D eigenvalue weighted by molar-refractivity contribution is 0.0707. The monoisotopic (exact) mass is 1450 g/mol. The van der Waals surface area contributed by atoms with Crippen molar-refractivity contribution in [3.8, 4) is 67.5 Å². The van der Waals surface area contributed by atoms with Gasteiger partial charge in [0.25, 0.3) is 0 Å². The number of carbonyl (C=O) groups is 4. The predicted octanol–water partition coefficient (Wildman–Crippen LogP) is 19.0. The van der Waals surface area contributed by atoms with Crippen LogP contribution in [0.4, 0.5) is 87.8 Å². The van der Waals surface area contributed by atoms with Gasteiger partial charge in [-0.2, -0.15) is 35.1 Å². The summed E-state index contributed by atoms with van der Waals surface area (Å²) in [4.78, 5) is 71.3. The average molecular weight is 1450 g/mol. The molecule has 0 amide bonds. The van der Waals surface area contributed by atoms with E-state index in [4.69, 9.17) is 28.9 Å². The molecule has 8 bridgehead atoms. The SMILES string of the molecule is O=C(Oc1c(F)c(F)c(F)c(F)c1F)c1cccc(-c2c3nc(c(-c4cccc(C(=O)Oc5c(F)c(F)c(F)c(F)c5F)c4)c4ccc([nH]4)c(-c4cccc(C(=O)Oc5c(F)c(F)c(F)c(F)c5F)c4)c4nc(c(-c5cccc(C(=O)Oc6c(F)c(F)c(F)c(F)c6F)c5)c5ccc2[nH]5)C=C4)C=C3)c1. The number of nitrogens with one attached hydrogen (secondary N) is 2. The predicted molar refractivity (Wildman–Crippen MR) is 325 cm³/mol. The van der Waals surface area contributed by atoms with Crippen LogP contribution in [-0.4, -0.2) is 43.8 Å². The summed E-state index contributed by atoms with van der Waals surface area (Å²) in [6.07, 6.45) is 5.32. The van der Waals surface area contributed by atoms with Crippen LogP contribution in [0.15, 0.2) is 121 Å². The van der Waals surface area contributed by atoms with E-state index in [2.05, 4.69) is 9.97 Å². The maximum atomic E-state index is 15.0. The molecular weight excluding hydrogens is 1430 g/mol. The largest absolute Gasteiger partial charge is 0.416 e. The maximum absolute atomic E-state index is 15.0. The molecule has 11 aromatic rings. The first-order valence-electron chi connectivity index (χ1n) is 29.1. The van der Waals surface area contributed by atoms with Gasteiger partial charge in [0.1, 0.15) is 0 Å². The molecule has 0 spiro atoms. The Labute approximate surface area is 564 Å². The number of aromatic amines is 2. The van der Waals surface area contributed by atoms with Gasteiger partial charge in [0, 0.05) is 44.3 Å². The summed E-state index contributed by atoms with van der Waals surface area (Å²) in [7, 11) is 0. The molecule has 0 aliphatic carbocycles. The fourth-order valence-electron chi connectivity index (χ4n) is 10.9. The molecule has 0 saturated heterocycles. The van der Waals surface area contributed by atoms with E-state index in [1.807, 2.05) is 0 Å². The van der Waals surface area contributed by atoms with Crippen molar-refractivity contribution >= 4 is 70.2 Å². The van der Waals surface area contributed by atoms with Gasteiger partial charge in [0.2, 0.25) is 139 Å². The Bertz CT molecular complexity index is 5080. The van der Waals surface area contributed by atoms with Gasteiger partial charge in [-0.25, -0.2) is 81.8 Å². The molecule has 3 aromatic heterocycles. The Balaban J connectivity index is 1.07. The lowest BCUT2D eigenvalue weighted by atomic mass is 10.0. The molecule has 12 nitrogen and oxygen atoms in total. The quantitative estimate of drug-likeness (QED) is 0.0396. The fraction of sp³-hybridized carbons (Fsp3) is 0. The molecule has 0 radical (unpaired) electrons. The maximum Gasteiger partial charge on any atom is 0.343 e. The summed E-state index contributed by atoms with van der Waals surface area (Å²) < 4.78 is 310. The van der Waals surface area contributed by atoms with Gasteiger partial charge >= 0.3 is 23.9 Å². The molecule has 2 N–H and O–H groups in total. The zero-order chi connectivity index (χ0) is 74.3. The van der Waals surface area contributed by atoms with Crippen molar-refractivity contribution in [2.24, 2.45) is 0 Å². The minimum atomic E-state index is -2.59. The number of fused-ring (bicyclic) bond motifs is 8. The summed E-state index contributed by atoms with van der Waals surface area (Å²) in [6.45, 7) is 0. The molecule has 0 fully saturated rings. The molecule has 0 unspecified atom stereocenters. The van der Waals surface area contributed by atoms with Gasteiger partial charge in [-0.3, -0.25) is 0 Å². The first-order valence-corrected chi connectivity index (χ1v) is 29.1. The molecule has 5 heterocycles. The van der Waals surface area contributed by atoms with Gasteiger partial charge < -0.3 is 28.9 Å². The third-order valence-electron chi connectivity index (χ3n) is 15.8. The highest BCUT2D eigenvalue weighted by Crippen LogP contribution is 2.42. The number of benzene rings is 8.